The van der Waals surface area contributed by atoms with Crippen molar-refractivity contribution in [1.29, 1.82) is 0 Å². The predicted molar refractivity (Wildman–Crippen MR) is 88.6 cm³/mol. The van der Waals surface area contributed by atoms with Crippen molar-refractivity contribution in [3.05, 3.63) is 65.8 Å². The van der Waals surface area contributed by atoms with Crippen LogP contribution in [0.2, 0.25) is 5.02 Å². The number of nitrogens with zero attached hydrogens (tertiary/aromatic N) is 1. The van der Waals surface area contributed by atoms with Gasteiger partial charge in [-0.15, -0.1) is 0 Å². The lowest BCUT2D eigenvalue weighted by molar-refractivity contribution is 0.574. The van der Waals surface area contributed by atoms with E-state index in [1.165, 1.54) is 12.1 Å². The van der Waals surface area contributed by atoms with Crippen molar-refractivity contribution < 1.29 is 8.42 Å². The minimum absolute atomic E-state index is 0.217. The van der Waals surface area contributed by atoms with E-state index in [9.17, 15) is 8.42 Å². The molecular formula is C16H15ClN2O2S. The molecule has 114 valence electrons. The zero-order valence-corrected chi connectivity index (χ0v) is 13.3. The van der Waals surface area contributed by atoms with Crippen LogP contribution in [0.3, 0.4) is 0 Å². The summed E-state index contributed by atoms with van der Waals surface area (Å²) in [6, 6.07) is 16.1. The third-order valence-electron chi connectivity index (χ3n) is 3.45. The molecule has 2 aromatic carbocycles. The Morgan fingerprint density at radius 2 is 1.73 bits per heavy atom. The van der Waals surface area contributed by atoms with Gasteiger partial charge in [0.2, 0.25) is 10.0 Å². The predicted octanol–water partition coefficient (Wildman–Crippen LogP) is 3.27. The van der Waals surface area contributed by atoms with Crippen LogP contribution in [0.15, 0.2) is 65.7 Å². The van der Waals surface area contributed by atoms with E-state index in [2.05, 4.69) is 4.72 Å². The molecule has 0 aliphatic heterocycles. The van der Waals surface area contributed by atoms with Gasteiger partial charge in [-0.3, -0.25) is 0 Å². The minimum Gasteiger partial charge on any atom is -0.346 e. The number of benzene rings is 2. The van der Waals surface area contributed by atoms with E-state index in [0.29, 0.717) is 18.1 Å². The SMILES string of the molecule is O=S(=O)(NCCn1ccc2ccccc21)c1ccc(Cl)cc1. The first-order chi connectivity index (χ1) is 10.6. The summed E-state index contributed by atoms with van der Waals surface area (Å²) >= 11 is 5.77. The zero-order valence-electron chi connectivity index (χ0n) is 11.7. The Morgan fingerprint density at radius 3 is 2.50 bits per heavy atom. The monoisotopic (exact) mass is 334 g/mol. The topological polar surface area (TPSA) is 51.1 Å². The summed E-state index contributed by atoms with van der Waals surface area (Å²) < 4.78 is 29.0. The molecule has 0 atom stereocenters. The van der Waals surface area contributed by atoms with Gasteiger partial charge >= 0.3 is 0 Å². The number of para-hydroxylation sites is 1. The molecule has 0 amide bonds. The lowest BCUT2D eigenvalue weighted by atomic mass is 10.2. The van der Waals surface area contributed by atoms with Crippen LogP contribution >= 0.6 is 11.6 Å². The highest BCUT2D eigenvalue weighted by Crippen LogP contribution is 2.15. The zero-order chi connectivity index (χ0) is 15.6. The van der Waals surface area contributed by atoms with E-state index >= 15 is 0 Å². The average molecular weight is 335 g/mol. The third-order valence-corrected chi connectivity index (χ3v) is 5.18. The second-order valence-electron chi connectivity index (χ2n) is 4.92. The van der Waals surface area contributed by atoms with Crippen molar-refractivity contribution in [1.82, 2.24) is 9.29 Å². The van der Waals surface area contributed by atoms with Gasteiger partial charge in [0.25, 0.3) is 0 Å². The van der Waals surface area contributed by atoms with E-state index in [0.717, 1.165) is 10.9 Å². The Balaban J connectivity index is 1.68. The summed E-state index contributed by atoms with van der Waals surface area (Å²) in [6.45, 7) is 0.893. The van der Waals surface area contributed by atoms with E-state index in [4.69, 9.17) is 11.6 Å². The van der Waals surface area contributed by atoms with Gasteiger partial charge in [-0.2, -0.15) is 0 Å². The van der Waals surface area contributed by atoms with Crippen LogP contribution in [0.5, 0.6) is 0 Å². The highest BCUT2D eigenvalue weighted by atomic mass is 35.5. The Bertz CT molecular complexity index is 886. The summed E-state index contributed by atoms with van der Waals surface area (Å²) in [5, 5.41) is 1.65. The fraction of sp³-hybridized carbons (Fsp3) is 0.125. The van der Waals surface area contributed by atoms with Gasteiger partial charge in [0.1, 0.15) is 0 Å². The molecule has 3 aromatic rings. The molecule has 0 spiro atoms. The molecule has 0 radical (unpaired) electrons. The van der Waals surface area contributed by atoms with Crippen LogP contribution in [0.1, 0.15) is 0 Å². The van der Waals surface area contributed by atoms with E-state index < -0.39 is 10.0 Å². The van der Waals surface area contributed by atoms with Crippen molar-refractivity contribution >= 4 is 32.5 Å². The fourth-order valence-electron chi connectivity index (χ4n) is 2.33. The van der Waals surface area contributed by atoms with Crippen molar-refractivity contribution in [2.75, 3.05) is 6.54 Å². The van der Waals surface area contributed by atoms with Gasteiger partial charge in [-0.1, -0.05) is 29.8 Å². The van der Waals surface area contributed by atoms with Crippen molar-refractivity contribution in [2.24, 2.45) is 0 Å². The Hall–Kier alpha value is -1.82. The quantitative estimate of drug-likeness (QED) is 0.778. The summed E-state index contributed by atoms with van der Waals surface area (Å²) in [5.74, 6) is 0. The number of halogens is 1. The molecule has 1 N–H and O–H groups in total. The first-order valence-electron chi connectivity index (χ1n) is 6.85. The molecule has 4 nitrogen and oxygen atoms in total. The molecule has 0 saturated heterocycles. The largest absolute Gasteiger partial charge is 0.346 e. The van der Waals surface area contributed by atoms with Crippen LogP contribution in [0, 0.1) is 0 Å². The number of sulfonamides is 1. The molecule has 0 unspecified atom stereocenters. The summed E-state index contributed by atoms with van der Waals surface area (Å²) in [5.41, 5.74) is 1.09. The molecule has 6 heteroatoms. The molecule has 1 aromatic heterocycles. The molecule has 3 rings (SSSR count). The number of aromatic nitrogens is 1. The maximum atomic E-state index is 12.2. The second-order valence-corrected chi connectivity index (χ2v) is 7.12. The molecule has 0 aliphatic rings. The maximum absolute atomic E-state index is 12.2. The van der Waals surface area contributed by atoms with E-state index in [-0.39, 0.29) is 4.90 Å². The third kappa shape index (κ3) is 3.16. The van der Waals surface area contributed by atoms with Crippen molar-refractivity contribution in [3.8, 4) is 0 Å². The Morgan fingerprint density at radius 1 is 1.00 bits per heavy atom. The van der Waals surface area contributed by atoms with Crippen molar-refractivity contribution in [3.63, 3.8) is 0 Å². The normalized spacial score (nSPS) is 11.9. The number of nitrogens with one attached hydrogen (secondary N) is 1. The summed E-state index contributed by atoms with van der Waals surface area (Å²) in [7, 11) is -3.51. The highest BCUT2D eigenvalue weighted by Gasteiger charge is 2.13. The van der Waals surface area contributed by atoms with Crippen LogP contribution in [-0.4, -0.2) is 19.5 Å². The van der Waals surface area contributed by atoms with E-state index in [1.807, 2.05) is 41.1 Å². The first kappa shape index (κ1) is 15.1. The lowest BCUT2D eigenvalue weighted by Crippen LogP contribution is -2.27. The maximum Gasteiger partial charge on any atom is 0.240 e. The van der Waals surface area contributed by atoms with Crippen molar-refractivity contribution in [2.45, 2.75) is 11.4 Å². The molecule has 22 heavy (non-hydrogen) atoms. The molecule has 0 aliphatic carbocycles. The highest BCUT2D eigenvalue weighted by molar-refractivity contribution is 7.89. The average Bonchev–Trinajstić information content (AvgIpc) is 2.91. The molecule has 0 fully saturated rings. The molecule has 0 bridgehead atoms. The van der Waals surface area contributed by atoms with Gasteiger partial charge in [0.15, 0.2) is 0 Å². The number of fused-ring (bicyclic) bond motifs is 1. The van der Waals surface area contributed by atoms with Crippen LogP contribution < -0.4 is 4.72 Å². The molecule has 0 saturated carbocycles. The van der Waals surface area contributed by atoms with Crippen LogP contribution in [-0.2, 0) is 16.6 Å². The van der Waals surface area contributed by atoms with Crippen LogP contribution in [0.25, 0.3) is 10.9 Å². The standard InChI is InChI=1S/C16H15ClN2O2S/c17-14-5-7-15(8-6-14)22(20,21)18-10-12-19-11-9-13-3-1-2-4-16(13)19/h1-9,11,18H,10,12H2. The summed E-state index contributed by atoms with van der Waals surface area (Å²) in [6.07, 6.45) is 1.96. The molecule has 1 heterocycles. The minimum atomic E-state index is -3.51. The van der Waals surface area contributed by atoms with Gasteiger partial charge in [0, 0.05) is 29.8 Å². The van der Waals surface area contributed by atoms with Gasteiger partial charge in [-0.25, -0.2) is 13.1 Å². The fourth-order valence-corrected chi connectivity index (χ4v) is 3.48. The first-order valence-corrected chi connectivity index (χ1v) is 8.71. The van der Waals surface area contributed by atoms with Gasteiger partial charge < -0.3 is 4.57 Å². The van der Waals surface area contributed by atoms with Gasteiger partial charge in [0.05, 0.1) is 4.90 Å². The van der Waals surface area contributed by atoms with E-state index in [1.54, 1.807) is 12.1 Å². The smallest absolute Gasteiger partial charge is 0.240 e. The van der Waals surface area contributed by atoms with Gasteiger partial charge in [-0.05, 0) is 41.8 Å². The lowest BCUT2D eigenvalue weighted by Gasteiger charge is -2.08. The Kier molecular flexibility index (Phi) is 4.20. The number of hydrogen-bond donors (Lipinski definition) is 1. The Labute approximate surface area is 134 Å². The molecular weight excluding hydrogens is 320 g/mol. The number of hydrogen-bond acceptors (Lipinski definition) is 2. The summed E-state index contributed by atoms with van der Waals surface area (Å²) in [4.78, 5) is 0.217. The second kappa shape index (κ2) is 6.12. The number of rotatable bonds is 5. The van der Waals surface area contributed by atoms with Crippen LogP contribution in [0.4, 0.5) is 0 Å².